The first kappa shape index (κ1) is 13.9. The zero-order valence-electron chi connectivity index (χ0n) is 9.05. The summed E-state index contributed by atoms with van der Waals surface area (Å²) in [7, 11) is 4.00. The van der Waals surface area contributed by atoms with Crippen LogP contribution < -0.4 is 5.32 Å². The molecule has 0 aromatic rings. The van der Waals surface area contributed by atoms with Crippen LogP contribution in [-0.2, 0) is 9.53 Å². The second-order valence-electron chi connectivity index (χ2n) is 3.32. The normalized spacial score (nSPS) is 12.9. The topological polar surface area (TPSA) is 41.6 Å². The van der Waals surface area contributed by atoms with Crippen molar-refractivity contribution in [3.05, 3.63) is 0 Å². The van der Waals surface area contributed by atoms with Crippen LogP contribution in [0.5, 0.6) is 0 Å². The molecule has 0 saturated carbocycles. The summed E-state index contributed by atoms with van der Waals surface area (Å²) in [6, 6.07) is 0. The van der Waals surface area contributed by atoms with Crippen LogP contribution in [0.1, 0.15) is 6.92 Å². The van der Waals surface area contributed by atoms with Crippen molar-refractivity contribution in [1.82, 2.24) is 10.2 Å². The van der Waals surface area contributed by atoms with Gasteiger partial charge in [0, 0.05) is 13.1 Å². The molecule has 1 atom stereocenters. The summed E-state index contributed by atoms with van der Waals surface area (Å²) in [6.45, 7) is 4.54. The number of carbonyl (C=O) groups is 1. The molecule has 0 rings (SSSR count). The van der Waals surface area contributed by atoms with E-state index in [1.807, 2.05) is 14.1 Å². The second kappa shape index (κ2) is 8.20. The fourth-order valence-corrected chi connectivity index (χ4v) is 0.898. The average Bonchev–Trinajstić information content (AvgIpc) is 2.09. The van der Waals surface area contributed by atoms with Crippen LogP contribution in [0.3, 0.4) is 0 Å². The van der Waals surface area contributed by atoms with E-state index in [1.165, 1.54) is 0 Å². The molecule has 0 aliphatic heterocycles. The van der Waals surface area contributed by atoms with Gasteiger partial charge in [-0.05, 0) is 21.0 Å². The van der Waals surface area contributed by atoms with E-state index in [0.717, 1.165) is 6.54 Å². The Balaban J connectivity index is 3.18. The summed E-state index contributed by atoms with van der Waals surface area (Å²) >= 11 is 3.18. The zero-order valence-corrected chi connectivity index (χ0v) is 10.6. The van der Waals surface area contributed by atoms with Gasteiger partial charge in [-0.15, -0.1) is 0 Å². The molecule has 1 N–H and O–H groups in total. The summed E-state index contributed by atoms with van der Waals surface area (Å²) in [5.74, 6) is 0.00112. The third-order valence-corrected chi connectivity index (χ3v) is 2.01. The highest BCUT2D eigenvalue weighted by Crippen LogP contribution is 1.95. The predicted octanol–water partition coefficient (Wildman–Crippen LogP) is 0.464. The first-order chi connectivity index (χ1) is 6.54. The van der Waals surface area contributed by atoms with Crippen molar-refractivity contribution < 1.29 is 9.53 Å². The Hall–Kier alpha value is -0.130. The predicted molar refractivity (Wildman–Crippen MR) is 60.8 cm³/mol. The van der Waals surface area contributed by atoms with Gasteiger partial charge in [-0.3, -0.25) is 4.79 Å². The molecule has 1 unspecified atom stereocenters. The Morgan fingerprint density at radius 2 is 2.14 bits per heavy atom. The van der Waals surface area contributed by atoms with Crippen molar-refractivity contribution in [3.8, 4) is 0 Å². The van der Waals surface area contributed by atoms with Crippen LogP contribution in [0.2, 0.25) is 0 Å². The van der Waals surface area contributed by atoms with Gasteiger partial charge < -0.3 is 15.0 Å². The summed E-state index contributed by atoms with van der Waals surface area (Å²) in [6.07, 6.45) is 0. The van der Waals surface area contributed by atoms with Crippen molar-refractivity contribution in [2.24, 2.45) is 0 Å². The quantitative estimate of drug-likeness (QED) is 0.538. The lowest BCUT2D eigenvalue weighted by molar-refractivity contribution is -0.120. The Morgan fingerprint density at radius 1 is 1.50 bits per heavy atom. The molecule has 0 saturated heterocycles. The second-order valence-corrected chi connectivity index (χ2v) is 4.70. The number of carbonyl (C=O) groups excluding carboxylic acids is 1. The highest BCUT2D eigenvalue weighted by molar-refractivity contribution is 9.10. The van der Waals surface area contributed by atoms with E-state index >= 15 is 0 Å². The summed E-state index contributed by atoms with van der Waals surface area (Å²) in [4.78, 5) is 13.0. The van der Waals surface area contributed by atoms with Crippen LogP contribution in [-0.4, -0.2) is 56.0 Å². The third-order valence-electron chi connectivity index (χ3n) is 1.59. The van der Waals surface area contributed by atoms with E-state index < -0.39 is 0 Å². The highest BCUT2D eigenvalue weighted by Gasteiger charge is 2.06. The maximum atomic E-state index is 11.1. The molecule has 1 amide bonds. The number of halogens is 1. The van der Waals surface area contributed by atoms with E-state index in [-0.39, 0.29) is 10.7 Å². The van der Waals surface area contributed by atoms with Crippen molar-refractivity contribution in [3.63, 3.8) is 0 Å². The largest absolute Gasteiger partial charge is 0.378 e. The van der Waals surface area contributed by atoms with Gasteiger partial charge in [0.1, 0.15) is 0 Å². The van der Waals surface area contributed by atoms with Crippen LogP contribution in [0.15, 0.2) is 0 Å². The van der Waals surface area contributed by atoms with Crippen LogP contribution >= 0.6 is 15.9 Å². The smallest absolute Gasteiger partial charge is 0.233 e. The van der Waals surface area contributed by atoms with Crippen LogP contribution in [0, 0.1) is 0 Å². The van der Waals surface area contributed by atoms with Gasteiger partial charge in [0.05, 0.1) is 18.0 Å². The lowest BCUT2D eigenvalue weighted by Crippen LogP contribution is -2.32. The molecule has 14 heavy (non-hydrogen) atoms. The number of nitrogens with zero attached hydrogens (tertiary/aromatic N) is 1. The standard InChI is InChI=1S/C9H19BrN2O2/c1-8(10)9(13)11-4-6-14-7-5-12(2)3/h8H,4-7H2,1-3H3,(H,11,13). The maximum Gasteiger partial charge on any atom is 0.233 e. The summed E-state index contributed by atoms with van der Waals surface area (Å²) in [5.41, 5.74) is 0. The van der Waals surface area contributed by atoms with E-state index in [4.69, 9.17) is 4.74 Å². The minimum Gasteiger partial charge on any atom is -0.378 e. The highest BCUT2D eigenvalue weighted by atomic mass is 79.9. The molecule has 0 bridgehead atoms. The lowest BCUT2D eigenvalue weighted by Gasteiger charge is -2.10. The Morgan fingerprint density at radius 3 is 2.64 bits per heavy atom. The molecule has 0 aromatic carbocycles. The van der Waals surface area contributed by atoms with Gasteiger partial charge in [0.15, 0.2) is 0 Å². The zero-order chi connectivity index (χ0) is 11.0. The molecule has 84 valence electrons. The minimum atomic E-state index is -0.135. The Bertz CT molecular complexity index is 163. The van der Waals surface area contributed by atoms with Crippen LogP contribution in [0.4, 0.5) is 0 Å². The van der Waals surface area contributed by atoms with Crippen molar-refractivity contribution in [2.75, 3.05) is 40.4 Å². The number of hydrogen-bond donors (Lipinski definition) is 1. The van der Waals surface area contributed by atoms with Gasteiger partial charge in [-0.25, -0.2) is 0 Å². The van der Waals surface area contributed by atoms with Gasteiger partial charge >= 0.3 is 0 Å². The first-order valence-electron chi connectivity index (χ1n) is 4.68. The van der Waals surface area contributed by atoms with Crippen molar-refractivity contribution in [2.45, 2.75) is 11.8 Å². The average molecular weight is 267 g/mol. The molecule has 5 heteroatoms. The maximum absolute atomic E-state index is 11.1. The lowest BCUT2D eigenvalue weighted by atomic mass is 10.4. The number of amides is 1. The van der Waals surface area contributed by atoms with Gasteiger partial charge in [0.25, 0.3) is 0 Å². The van der Waals surface area contributed by atoms with E-state index in [2.05, 4.69) is 26.1 Å². The van der Waals surface area contributed by atoms with E-state index in [0.29, 0.717) is 19.8 Å². The molecule has 0 aromatic heterocycles. The summed E-state index contributed by atoms with van der Waals surface area (Å²) < 4.78 is 5.30. The molecule has 4 nitrogen and oxygen atoms in total. The van der Waals surface area contributed by atoms with Gasteiger partial charge in [-0.2, -0.15) is 0 Å². The first-order valence-corrected chi connectivity index (χ1v) is 5.60. The Labute approximate surface area is 94.1 Å². The molecule has 0 aliphatic carbocycles. The number of nitrogens with one attached hydrogen (secondary N) is 1. The SMILES string of the molecule is CC(Br)C(=O)NCCOCCN(C)C. The molecule has 0 radical (unpaired) electrons. The van der Waals surface area contributed by atoms with Gasteiger partial charge in [0.2, 0.25) is 5.91 Å². The third kappa shape index (κ3) is 8.47. The van der Waals surface area contributed by atoms with Gasteiger partial charge in [-0.1, -0.05) is 15.9 Å². The fourth-order valence-electron chi connectivity index (χ4n) is 0.736. The molecule has 0 spiro atoms. The molecule has 0 fully saturated rings. The van der Waals surface area contributed by atoms with Crippen LogP contribution in [0.25, 0.3) is 0 Å². The monoisotopic (exact) mass is 266 g/mol. The van der Waals surface area contributed by atoms with Crippen molar-refractivity contribution >= 4 is 21.8 Å². The fraction of sp³-hybridized carbons (Fsp3) is 0.889. The number of likely N-dealkylation sites (N-methyl/N-ethyl adjacent to an activating group) is 1. The number of alkyl halides is 1. The summed E-state index contributed by atoms with van der Waals surface area (Å²) in [5, 5.41) is 2.75. The van der Waals surface area contributed by atoms with Crippen molar-refractivity contribution in [1.29, 1.82) is 0 Å². The number of ether oxygens (including phenoxy) is 1. The minimum absolute atomic E-state index is 0.00112. The van der Waals surface area contributed by atoms with E-state index in [9.17, 15) is 4.79 Å². The Kier molecular flexibility index (Phi) is 8.12. The molecule has 0 aliphatic rings. The number of hydrogen-bond acceptors (Lipinski definition) is 3. The molecule has 0 heterocycles. The van der Waals surface area contributed by atoms with E-state index in [1.54, 1.807) is 6.92 Å². The molecular formula is C9H19BrN2O2. The number of rotatable bonds is 7. The molecular weight excluding hydrogens is 248 g/mol.